The third kappa shape index (κ3) is 4.10. The molecule has 2 heterocycles. The Kier molecular flexibility index (Phi) is 4.66. The number of carbonyl (C=O) groups is 2. The average Bonchev–Trinajstić information content (AvgIpc) is 2.81. The second-order valence-electron chi connectivity index (χ2n) is 6.94. The molecule has 0 spiro atoms. The largest absolute Gasteiger partial charge is 0.326 e. The molecule has 5 heteroatoms. The van der Waals surface area contributed by atoms with Crippen molar-refractivity contribution in [2.24, 2.45) is 5.92 Å². The number of aryl methyl sites for hydroxylation is 1. The molecular formula is C18H25N3O2. The predicted molar refractivity (Wildman–Crippen MR) is 91.4 cm³/mol. The van der Waals surface area contributed by atoms with Crippen molar-refractivity contribution in [1.29, 1.82) is 0 Å². The SMILES string of the molecule is CC(=O)Nc1cc(NC(=O)CC2CC3CCC(C2)N3)ccc1C. The highest BCUT2D eigenvalue weighted by molar-refractivity contribution is 5.94. The van der Waals surface area contributed by atoms with E-state index in [2.05, 4.69) is 16.0 Å². The number of rotatable bonds is 4. The summed E-state index contributed by atoms with van der Waals surface area (Å²) in [7, 11) is 0. The molecule has 0 radical (unpaired) electrons. The van der Waals surface area contributed by atoms with E-state index in [0.717, 1.165) is 29.8 Å². The first-order valence-corrected chi connectivity index (χ1v) is 8.43. The van der Waals surface area contributed by atoms with E-state index in [0.29, 0.717) is 24.4 Å². The highest BCUT2D eigenvalue weighted by Gasteiger charge is 2.34. The summed E-state index contributed by atoms with van der Waals surface area (Å²) in [6.07, 6.45) is 5.30. The molecule has 5 nitrogen and oxygen atoms in total. The van der Waals surface area contributed by atoms with E-state index in [1.54, 1.807) is 0 Å². The van der Waals surface area contributed by atoms with Gasteiger partial charge in [-0.25, -0.2) is 0 Å². The van der Waals surface area contributed by atoms with Crippen LogP contribution in [-0.2, 0) is 9.59 Å². The molecule has 2 saturated heterocycles. The number of fused-ring (bicyclic) bond motifs is 2. The Morgan fingerprint density at radius 1 is 1.17 bits per heavy atom. The zero-order chi connectivity index (χ0) is 16.4. The maximum Gasteiger partial charge on any atom is 0.224 e. The molecule has 1 aromatic rings. The van der Waals surface area contributed by atoms with Gasteiger partial charge in [-0.2, -0.15) is 0 Å². The molecule has 2 amide bonds. The molecule has 0 aromatic heterocycles. The lowest BCUT2D eigenvalue weighted by atomic mass is 9.89. The second-order valence-corrected chi connectivity index (χ2v) is 6.94. The molecule has 1 aromatic carbocycles. The molecule has 124 valence electrons. The zero-order valence-corrected chi connectivity index (χ0v) is 13.8. The van der Waals surface area contributed by atoms with Crippen molar-refractivity contribution in [1.82, 2.24) is 5.32 Å². The van der Waals surface area contributed by atoms with Crippen LogP contribution in [0, 0.1) is 12.8 Å². The van der Waals surface area contributed by atoms with Gasteiger partial charge in [-0.1, -0.05) is 6.07 Å². The van der Waals surface area contributed by atoms with E-state index in [-0.39, 0.29) is 11.8 Å². The number of carbonyl (C=O) groups excluding carboxylic acids is 2. The third-order valence-electron chi connectivity index (χ3n) is 4.88. The molecular weight excluding hydrogens is 290 g/mol. The first-order chi connectivity index (χ1) is 11.0. The minimum absolute atomic E-state index is 0.0638. The quantitative estimate of drug-likeness (QED) is 0.800. The number of anilines is 2. The molecule has 23 heavy (non-hydrogen) atoms. The summed E-state index contributed by atoms with van der Waals surface area (Å²) in [4.78, 5) is 23.5. The highest BCUT2D eigenvalue weighted by atomic mass is 16.2. The standard InChI is InChI=1S/C18H25N3O2/c1-11-3-4-16(10-17(11)19-12(2)22)21-18(23)9-13-7-14-5-6-15(8-13)20-14/h3-4,10,13-15,20H,5-9H2,1-2H3,(H,19,22)(H,21,23). The van der Waals surface area contributed by atoms with Crippen molar-refractivity contribution in [3.05, 3.63) is 23.8 Å². The van der Waals surface area contributed by atoms with Gasteiger partial charge in [0.15, 0.2) is 0 Å². The van der Waals surface area contributed by atoms with Crippen LogP contribution in [-0.4, -0.2) is 23.9 Å². The van der Waals surface area contributed by atoms with E-state index in [1.807, 2.05) is 25.1 Å². The van der Waals surface area contributed by atoms with Crippen molar-refractivity contribution in [2.45, 2.75) is 58.0 Å². The van der Waals surface area contributed by atoms with Gasteiger partial charge in [0, 0.05) is 36.8 Å². The lowest BCUT2D eigenvalue weighted by molar-refractivity contribution is -0.117. The number of amides is 2. The number of hydrogen-bond donors (Lipinski definition) is 3. The lowest BCUT2D eigenvalue weighted by Crippen LogP contribution is -2.39. The van der Waals surface area contributed by atoms with E-state index >= 15 is 0 Å². The molecule has 2 bridgehead atoms. The maximum atomic E-state index is 12.3. The molecule has 2 fully saturated rings. The Morgan fingerprint density at radius 3 is 2.52 bits per heavy atom. The average molecular weight is 315 g/mol. The number of benzene rings is 1. The summed E-state index contributed by atoms with van der Waals surface area (Å²) in [6.45, 7) is 3.41. The van der Waals surface area contributed by atoms with Gasteiger partial charge >= 0.3 is 0 Å². The van der Waals surface area contributed by atoms with Gasteiger partial charge in [-0.05, 0) is 56.2 Å². The molecule has 3 N–H and O–H groups in total. The fraction of sp³-hybridized carbons (Fsp3) is 0.556. The Balaban J connectivity index is 1.58. The smallest absolute Gasteiger partial charge is 0.224 e. The summed E-state index contributed by atoms with van der Waals surface area (Å²) in [6, 6.07) is 6.83. The molecule has 0 aliphatic carbocycles. The van der Waals surface area contributed by atoms with Gasteiger partial charge < -0.3 is 16.0 Å². The minimum Gasteiger partial charge on any atom is -0.326 e. The minimum atomic E-state index is -0.109. The van der Waals surface area contributed by atoms with Crippen LogP contribution in [0.25, 0.3) is 0 Å². The van der Waals surface area contributed by atoms with Crippen LogP contribution in [0.4, 0.5) is 11.4 Å². The van der Waals surface area contributed by atoms with Crippen LogP contribution in [0.5, 0.6) is 0 Å². The van der Waals surface area contributed by atoms with E-state index in [9.17, 15) is 9.59 Å². The predicted octanol–water partition coefficient (Wildman–Crippen LogP) is 2.81. The van der Waals surface area contributed by atoms with Gasteiger partial charge in [0.2, 0.25) is 11.8 Å². The summed E-state index contributed by atoms with van der Waals surface area (Å²) in [5.74, 6) is 0.435. The topological polar surface area (TPSA) is 70.2 Å². The van der Waals surface area contributed by atoms with Crippen LogP contribution in [0.2, 0.25) is 0 Å². The lowest BCUT2D eigenvalue weighted by Gasteiger charge is -2.28. The van der Waals surface area contributed by atoms with Crippen LogP contribution in [0.3, 0.4) is 0 Å². The third-order valence-corrected chi connectivity index (χ3v) is 4.88. The fourth-order valence-corrected chi connectivity index (χ4v) is 3.84. The molecule has 2 aliphatic heterocycles. The number of nitrogens with one attached hydrogen (secondary N) is 3. The summed E-state index contributed by atoms with van der Waals surface area (Å²) in [5.41, 5.74) is 2.46. The first kappa shape index (κ1) is 16.0. The van der Waals surface area contributed by atoms with Crippen molar-refractivity contribution >= 4 is 23.2 Å². The first-order valence-electron chi connectivity index (χ1n) is 8.43. The van der Waals surface area contributed by atoms with Crippen LogP contribution in [0.15, 0.2) is 18.2 Å². The molecule has 0 saturated carbocycles. The normalized spacial score (nSPS) is 25.9. The van der Waals surface area contributed by atoms with E-state index < -0.39 is 0 Å². The monoisotopic (exact) mass is 315 g/mol. The van der Waals surface area contributed by atoms with Gasteiger partial charge in [0.25, 0.3) is 0 Å². The zero-order valence-electron chi connectivity index (χ0n) is 13.8. The van der Waals surface area contributed by atoms with Gasteiger partial charge in [0.05, 0.1) is 0 Å². The fourth-order valence-electron chi connectivity index (χ4n) is 3.84. The molecule has 2 unspecified atom stereocenters. The number of hydrogen-bond acceptors (Lipinski definition) is 3. The number of piperidine rings is 1. The van der Waals surface area contributed by atoms with Crippen LogP contribution >= 0.6 is 0 Å². The molecule has 2 atom stereocenters. The molecule has 3 rings (SSSR count). The van der Waals surface area contributed by atoms with Crippen LogP contribution < -0.4 is 16.0 Å². The van der Waals surface area contributed by atoms with E-state index in [1.165, 1.54) is 19.8 Å². The van der Waals surface area contributed by atoms with Gasteiger partial charge in [-0.15, -0.1) is 0 Å². The van der Waals surface area contributed by atoms with E-state index in [4.69, 9.17) is 0 Å². The maximum absolute atomic E-state index is 12.3. The Hall–Kier alpha value is -1.88. The van der Waals surface area contributed by atoms with Gasteiger partial charge in [-0.3, -0.25) is 9.59 Å². The van der Waals surface area contributed by atoms with Crippen molar-refractivity contribution in [3.63, 3.8) is 0 Å². The summed E-state index contributed by atoms with van der Waals surface area (Å²) >= 11 is 0. The van der Waals surface area contributed by atoms with Crippen molar-refractivity contribution in [2.75, 3.05) is 10.6 Å². The summed E-state index contributed by atoms with van der Waals surface area (Å²) < 4.78 is 0. The Labute approximate surface area is 137 Å². The highest BCUT2D eigenvalue weighted by Crippen LogP contribution is 2.33. The summed E-state index contributed by atoms with van der Waals surface area (Å²) in [5, 5.41) is 9.36. The second kappa shape index (κ2) is 6.71. The van der Waals surface area contributed by atoms with Crippen molar-refractivity contribution in [3.8, 4) is 0 Å². The van der Waals surface area contributed by atoms with Crippen molar-refractivity contribution < 1.29 is 9.59 Å². The van der Waals surface area contributed by atoms with Crippen LogP contribution in [0.1, 0.15) is 44.6 Å². The Bertz CT molecular complexity index is 602. The molecule has 2 aliphatic rings. The van der Waals surface area contributed by atoms with Gasteiger partial charge in [0.1, 0.15) is 0 Å². The Morgan fingerprint density at radius 2 is 1.87 bits per heavy atom.